The van der Waals surface area contributed by atoms with Gasteiger partial charge in [-0.3, -0.25) is 4.98 Å². The van der Waals surface area contributed by atoms with Gasteiger partial charge in [-0.1, -0.05) is 24.3 Å². The SMILES string of the molecule is COC(=O)c1sc(-c2ccc(-c3cc4ncccc4o3)cc2)c2c1N(C(=O)OC(C)(C)C)C(=O)OC2(C)C. The number of anilines is 1. The van der Waals surface area contributed by atoms with E-state index in [0.717, 1.165) is 32.9 Å². The number of methoxy groups -OCH3 is 1. The zero-order chi connectivity index (χ0) is 27.4. The zero-order valence-electron chi connectivity index (χ0n) is 21.8. The van der Waals surface area contributed by atoms with E-state index in [-0.39, 0.29) is 10.6 Å². The first kappa shape index (κ1) is 25.5. The molecule has 4 heterocycles. The number of esters is 1. The van der Waals surface area contributed by atoms with Crippen molar-refractivity contribution in [1.82, 2.24) is 4.98 Å². The van der Waals surface area contributed by atoms with E-state index in [9.17, 15) is 14.4 Å². The molecule has 0 radical (unpaired) electrons. The van der Waals surface area contributed by atoms with Gasteiger partial charge in [-0.15, -0.1) is 11.3 Å². The first-order valence-corrected chi connectivity index (χ1v) is 12.7. The van der Waals surface area contributed by atoms with E-state index in [4.69, 9.17) is 18.6 Å². The molecule has 0 aliphatic carbocycles. The van der Waals surface area contributed by atoms with Crippen LogP contribution in [0.3, 0.4) is 0 Å². The fraction of sp³-hybridized carbons (Fsp3) is 0.286. The molecule has 9 nitrogen and oxygen atoms in total. The minimum atomic E-state index is -1.15. The summed E-state index contributed by atoms with van der Waals surface area (Å²) in [6, 6.07) is 13.1. The Balaban J connectivity index is 1.64. The number of aromatic nitrogens is 1. The van der Waals surface area contributed by atoms with Crippen molar-refractivity contribution in [3.05, 3.63) is 59.1 Å². The molecule has 38 heavy (non-hydrogen) atoms. The number of cyclic esters (lactones) is 1. The van der Waals surface area contributed by atoms with Crippen molar-refractivity contribution in [1.29, 1.82) is 0 Å². The third-order valence-electron chi connectivity index (χ3n) is 5.90. The Bertz CT molecular complexity index is 1540. The lowest BCUT2D eigenvalue weighted by molar-refractivity contribution is 0.0270. The van der Waals surface area contributed by atoms with Crippen molar-refractivity contribution >= 4 is 46.3 Å². The summed E-state index contributed by atoms with van der Waals surface area (Å²) in [5.41, 5.74) is 1.64. The molecule has 2 amide bonds. The zero-order valence-corrected chi connectivity index (χ0v) is 22.6. The van der Waals surface area contributed by atoms with Gasteiger partial charge in [0.2, 0.25) is 0 Å². The Labute approximate surface area is 222 Å². The second-order valence-electron chi connectivity index (χ2n) is 10.2. The smallest absolute Gasteiger partial charge is 0.424 e. The van der Waals surface area contributed by atoms with Crippen LogP contribution in [0.5, 0.6) is 0 Å². The van der Waals surface area contributed by atoms with Gasteiger partial charge in [-0.2, -0.15) is 4.90 Å². The van der Waals surface area contributed by atoms with Gasteiger partial charge in [-0.05, 0) is 52.3 Å². The van der Waals surface area contributed by atoms with Crippen molar-refractivity contribution in [2.75, 3.05) is 12.0 Å². The van der Waals surface area contributed by atoms with Gasteiger partial charge in [0.25, 0.3) is 0 Å². The summed E-state index contributed by atoms with van der Waals surface area (Å²) >= 11 is 1.12. The number of hydrogen-bond acceptors (Lipinski definition) is 9. The molecule has 0 saturated heterocycles. The van der Waals surface area contributed by atoms with Crippen LogP contribution in [0.2, 0.25) is 0 Å². The maximum absolute atomic E-state index is 13.1. The first-order chi connectivity index (χ1) is 17.9. The molecule has 0 saturated carbocycles. The number of ether oxygens (including phenoxy) is 3. The maximum Gasteiger partial charge on any atom is 0.424 e. The summed E-state index contributed by atoms with van der Waals surface area (Å²) < 4.78 is 22.1. The number of carbonyl (C=O) groups is 3. The van der Waals surface area contributed by atoms with Gasteiger partial charge >= 0.3 is 18.2 Å². The Morgan fingerprint density at radius 2 is 1.76 bits per heavy atom. The van der Waals surface area contributed by atoms with Crippen molar-refractivity contribution < 1.29 is 33.0 Å². The van der Waals surface area contributed by atoms with E-state index in [0.29, 0.717) is 21.8 Å². The van der Waals surface area contributed by atoms with E-state index in [2.05, 4.69) is 4.98 Å². The number of amides is 2. The summed E-state index contributed by atoms with van der Waals surface area (Å²) in [5.74, 6) is -0.0120. The van der Waals surface area contributed by atoms with Crippen LogP contribution in [0.15, 0.2) is 53.1 Å². The van der Waals surface area contributed by atoms with Crippen LogP contribution >= 0.6 is 11.3 Å². The fourth-order valence-corrected chi connectivity index (χ4v) is 5.67. The number of hydrogen-bond donors (Lipinski definition) is 0. The third kappa shape index (κ3) is 4.41. The minimum absolute atomic E-state index is 0.0977. The van der Waals surface area contributed by atoms with Gasteiger partial charge in [0.15, 0.2) is 5.58 Å². The molecule has 0 atom stereocenters. The molecule has 0 bridgehead atoms. The second kappa shape index (κ2) is 8.98. The molecule has 1 aliphatic heterocycles. The van der Waals surface area contributed by atoms with Crippen LogP contribution in [0.25, 0.3) is 32.9 Å². The molecule has 10 heteroatoms. The van der Waals surface area contributed by atoms with E-state index in [1.54, 1.807) is 40.8 Å². The average Bonchev–Trinajstić information content (AvgIpc) is 3.45. The van der Waals surface area contributed by atoms with Crippen molar-refractivity contribution in [2.45, 2.75) is 45.8 Å². The maximum atomic E-state index is 13.1. The van der Waals surface area contributed by atoms with E-state index in [1.165, 1.54) is 7.11 Å². The first-order valence-electron chi connectivity index (χ1n) is 11.9. The number of imide groups is 1. The van der Waals surface area contributed by atoms with E-state index < -0.39 is 29.4 Å². The molecule has 0 unspecified atom stereocenters. The lowest BCUT2D eigenvalue weighted by Crippen LogP contribution is -2.48. The molecule has 1 aromatic carbocycles. The number of nitrogens with zero attached hydrogens (tertiary/aromatic N) is 2. The predicted octanol–water partition coefficient (Wildman–Crippen LogP) is 7.14. The van der Waals surface area contributed by atoms with E-state index >= 15 is 0 Å². The number of furan rings is 1. The van der Waals surface area contributed by atoms with Gasteiger partial charge in [-0.25, -0.2) is 14.4 Å². The largest absolute Gasteiger partial charge is 0.465 e. The Kier molecular flexibility index (Phi) is 6.02. The Morgan fingerprint density at radius 1 is 1.08 bits per heavy atom. The molecule has 0 N–H and O–H groups in total. The van der Waals surface area contributed by atoms with Gasteiger partial charge in [0, 0.05) is 28.3 Å². The number of fused-ring (bicyclic) bond motifs is 2. The second-order valence-corrected chi connectivity index (χ2v) is 11.3. The quantitative estimate of drug-likeness (QED) is 0.202. The molecule has 196 valence electrons. The standard InChI is InChI=1S/C28H26N2O7S/c1-27(2,3)36-25(32)30-21-20(28(4,5)37-26(30)33)22(38-23(21)24(31)34-6)16-11-9-15(10-12-16)19-14-17-18(35-19)8-7-13-29-17/h7-14H,1-6H3. The van der Waals surface area contributed by atoms with Crippen LogP contribution < -0.4 is 4.90 Å². The lowest BCUT2D eigenvalue weighted by Gasteiger charge is -2.37. The third-order valence-corrected chi connectivity index (χ3v) is 7.11. The highest BCUT2D eigenvalue weighted by atomic mass is 32.1. The van der Waals surface area contributed by atoms with Gasteiger partial charge in [0.1, 0.15) is 27.4 Å². The van der Waals surface area contributed by atoms with Crippen molar-refractivity contribution in [3.63, 3.8) is 0 Å². The average molecular weight is 535 g/mol. The van der Waals surface area contributed by atoms with E-state index in [1.807, 2.05) is 42.5 Å². The lowest BCUT2D eigenvalue weighted by atomic mass is 9.91. The molecular weight excluding hydrogens is 508 g/mol. The van der Waals surface area contributed by atoms with Crippen LogP contribution in [-0.2, 0) is 19.8 Å². The van der Waals surface area contributed by atoms with Crippen LogP contribution in [-0.4, -0.2) is 35.9 Å². The van der Waals surface area contributed by atoms with Crippen LogP contribution in [0.4, 0.5) is 15.3 Å². The monoisotopic (exact) mass is 534 g/mol. The molecule has 0 fully saturated rings. The summed E-state index contributed by atoms with van der Waals surface area (Å²) in [6.45, 7) is 8.48. The van der Waals surface area contributed by atoms with Crippen LogP contribution in [0, 0.1) is 0 Å². The highest BCUT2D eigenvalue weighted by Gasteiger charge is 2.48. The number of rotatable bonds is 3. The Morgan fingerprint density at radius 3 is 2.39 bits per heavy atom. The van der Waals surface area contributed by atoms with Gasteiger partial charge < -0.3 is 18.6 Å². The summed E-state index contributed by atoms with van der Waals surface area (Å²) in [6.07, 6.45) is -0.165. The summed E-state index contributed by atoms with van der Waals surface area (Å²) in [5, 5.41) is 0. The molecule has 5 rings (SSSR count). The molecule has 3 aromatic heterocycles. The number of benzene rings is 1. The summed E-state index contributed by atoms with van der Waals surface area (Å²) in [7, 11) is 1.25. The minimum Gasteiger partial charge on any atom is -0.465 e. The summed E-state index contributed by atoms with van der Waals surface area (Å²) in [4.78, 5) is 44.9. The molecule has 1 aliphatic rings. The fourth-order valence-electron chi connectivity index (χ4n) is 4.31. The number of thiophene rings is 1. The Hall–Kier alpha value is -4.18. The topological polar surface area (TPSA) is 108 Å². The number of pyridine rings is 1. The highest BCUT2D eigenvalue weighted by Crippen LogP contribution is 2.52. The van der Waals surface area contributed by atoms with Crippen molar-refractivity contribution in [2.24, 2.45) is 0 Å². The van der Waals surface area contributed by atoms with Gasteiger partial charge in [0.05, 0.1) is 12.8 Å². The van der Waals surface area contributed by atoms with Crippen molar-refractivity contribution in [3.8, 4) is 21.8 Å². The van der Waals surface area contributed by atoms with Crippen LogP contribution in [0.1, 0.15) is 49.9 Å². The highest BCUT2D eigenvalue weighted by molar-refractivity contribution is 7.18. The number of carbonyl (C=O) groups excluding carboxylic acids is 3. The predicted molar refractivity (Wildman–Crippen MR) is 142 cm³/mol. The molecule has 0 spiro atoms. The molecular formula is C28H26N2O7S. The molecule has 4 aromatic rings. The normalized spacial score (nSPS) is 14.7.